The van der Waals surface area contributed by atoms with Crippen molar-refractivity contribution >= 4 is 17.7 Å². The van der Waals surface area contributed by atoms with Gasteiger partial charge in [0, 0.05) is 13.0 Å². The number of rotatable bonds is 34. The van der Waals surface area contributed by atoms with E-state index < -0.39 is 12.1 Å². The van der Waals surface area contributed by atoms with Crippen molar-refractivity contribution < 1.29 is 14.4 Å². The van der Waals surface area contributed by atoms with Crippen LogP contribution in [0.1, 0.15) is 155 Å². The fourth-order valence-electron chi connectivity index (χ4n) is 5.44. The zero-order valence-corrected chi connectivity index (χ0v) is 29.1. The minimum Gasteiger partial charge on any atom is -0.354 e. The van der Waals surface area contributed by atoms with Gasteiger partial charge in [0.2, 0.25) is 17.7 Å². The first-order valence-corrected chi connectivity index (χ1v) is 18.7. The first-order valence-electron chi connectivity index (χ1n) is 18.7. The second kappa shape index (κ2) is 33.6. The summed E-state index contributed by atoms with van der Waals surface area (Å²) < 4.78 is 0. The van der Waals surface area contributed by atoms with Crippen LogP contribution in [0.2, 0.25) is 0 Å². The van der Waals surface area contributed by atoms with Crippen LogP contribution < -0.4 is 38.5 Å². The molecule has 45 heavy (non-hydrogen) atoms. The zero-order valence-electron chi connectivity index (χ0n) is 29.1. The van der Waals surface area contributed by atoms with Crippen molar-refractivity contribution in [3.63, 3.8) is 0 Å². The molecule has 2 atom stereocenters. The van der Waals surface area contributed by atoms with Crippen molar-refractivity contribution in [2.45, 2.75) is 167 Å². The minimum atomic E-state index is -0.704. The van der Waals surface area contributed by atoms with Gasteiger partial charge >= 0.3 is 0 Å². The lowest BCUT2D eigenvalue weighted by molar-refractivity contribution is -0.132. The lowest BCUT2D eigenvalue weighted by Crippen LogP contribution is -2.54. The molecule has 0 saturated heterocycles. The number of unbranched alkanes of at least 4 members (excludes halogenated alkanes) is 15. The zero-order chi connectivity index (χ0) is 33.2. The van der Waals surface area contributed by atoms with Crippen LogP contribution in [0.25, 0.3) is 0 Å². The number of carbonyl (C=O) groups is 3. The summed E-state index contributed by atoms with van der Waals surface area (Å²) in [6, 6.07) is -1.39. The maximum Gasteiger partial charge on any atom is 0.243 e. The molecule has 10 heteroatoms. The number of hydrogen-bond acceptors (Lipinski definition) is 7. The minimum absolute atomic E-state index is 0.120. The van der Waals surface area contributed by atoms with Gasteiger partial charge in [0.15, 0.2) is 0 Å². The first kappa shape index (κ1) is 43.2. The molecule has 266 valence electrons. The van der Waals surface area contributed by atoms with E-state index in [1.54, 1.807) is 0 Å². The average molecular weight is 640 g/mol. The normalized spacial score (nSPS) is 12.5. The van der Waals surface area contributed by atoms with Crippen LogP contribution in [0.15, 0.2) is 0 Å². The quantitative estimate of drug-likeness (QED) is 0.0506. The van der Waals surface area contributed by atoms with Gasteiger partial charge in [-0.25, -0.2) is 0 Å². The van der Waals surface area contributed by atoms with Gasteiger partial charge in [-0.1, -0.05) is 96.8 Å². The molecular weight excluding hydrogens is 566 g/mol. The van der Waals surface area contributed by atoms with Gasteiger partial charge in [-0.3, -0.25) is 14.4 Å². The van der Waals surface area contributed by atoms with Gasteiger partial charge in [-0.2, -0.15) is 0 Å². The van der Waals surface area contributed by atoms with Gasteiger partial charge in [0.25, 0.3) is 0 Å². The number of carbonyl (C=O) groups excluding carboxylic acids is 3. The van der Waals surface area contributed by atoms with Crippen molar-refractivity contribution in [3.8, 4) is 0 Å². The Labute approximate surface area is 276 Å². The number of amides is 3. The summed E-state index contributed by atoms with van der Waals surface area (Å²) >= 11 is 0. The predicted molar refractivity (Wildman–Crippen MR) is 189 cm³/mol. The Bertz CT molecular complexity index is 696. The number of nitrogens with two attached hydrogens (primary N) is 3. The van der Waals surface area contributed by atoms with Crippen LogP contribution in [-0.2, 0) is 14.4 Å². The third-order valence-corrected chi connectivity index (χ3v) is 8.32. The van der Waals surface area contributed by atoms with E-state index in [0.717, 1.165) is 51.6 Å². The molecule has 0 aromatic carbocycles. The molecule has 0 aliphatic carbocycles. The van der Waals surface area contributed by atoms with E-state index in [2.05, 4.69) is 28.2 Å². The van der Waals surface area contributed by atoms with E-state index in [0.29, 0.717) is 58.3 Å². The lowest BCUT2D eigenvalue weighted by atomic mass is 10.0. The highest BCUT2D eigenvalue weighted by atomic mass is 16.2. The summed E-state index contributed by atoms with van der Waals surface area (Å²) in [5, 5.41) is 12.1. The van der Waals surface area contributed by atoms with Crippen LogP contribution in [0.4, 0.5) is 0 Å². The van der Waals surface area contributed by atoms with Crippen molar-refractivity contribution in [3.05, 3.63) is 0 Å². The molecule has 0 aromatic heterocycles. The van der Waals surface area contributed by atoms with Gasteiger partial charge in [0.05, 0.1) is 0 Å². The SMILES string of the molecule is CCCCCCCCCCCCCCCCCC(=O)NC(CCCN)C(=O)NC(CCCN)C(=O)NCCCCNCCCN. The van der Waals surface area contributed by atoms with Crippen LogP contribution in [-0.4, -0.2) is 69.1 Å². The fraction of sp³-hybridized carbons (Fsp3) is 0.914. The van der Waals surface area contributed by atoms with Gasteiger partial charge in [-0.15, -0.1) is 0 Å². The van der Waals surface area contributed by atoms with Gasteiger partial charge in [-0.05, 0) is 84.1 Å². The molecule has 0 aliphatic heterocycles. The van der Waals surface area contributed by atoms with E-state index in [1.807, 2.05) is 0 Å². The number of nitrogens with one attached hydrogen (secondary N) is 4. The van der Waals surface area contributed by atoms with Gasteiger partial charge in [0.1, 0.15) is 12.1 Å². The number of hydrogen-bond donors (Lipinski definition) is 7. The molecule has 10 nitrogen and oxygen atoms in total. The topological polar surface area (TPSA) is 177 Å². The molecule has 0 heterocycles. The Hall–Kier alpha value is -1.75. The molecule has 0 bridgehead atoms. The van der Waals surface area contributed by atoms with Crippen molar-refractivity contribution in [2.24, 2.45) is 17.2 Å². The van der Waals surface area contributed by atoms with Crippen LogP contribution in [0, 0.1) is 0 Å². The summed E-state index contributed by atoms with van der Waals surface area (Å²) in [6.07, 6.45) is 24.4. The molecule has 0 aliphatic rings. The molecule has 0 radical (unpaired) electrons. The van der Waals surface area contributed by atoms with E-state index in [9.17, 15) is 14.4 Å². The Morgan fingerprint density at radius 1 is 0.489 bits per heavy atom. The maximum absolute atomic E-state index is 13.2. The summed E-state index contributed by atoms with van der Waals surface area (Å²) in [5.74, 6) is -0.672. The molecule has 0 rings (SSSR count). The maximum atomic E-state index is 13.2. The van der Waals surface area contributed by atoms with E-state index in [1.165, 1.54) is 77.0 Å². The smallest absolute Gasteiger partial charge is 0.243 e. The Balaban J connectivity index is 4.31. The standard InChI is InChI=1S/C35H73N7O3/c1-2-3-4-5-6-7-8-9-10-11-12-13-14-15-16-24-33(43)41-32(23-20-26-37)35(45)42-31(22-19-25-36)34(44)40-30-18-17-28-39-29-21-27-38/h31-32,39H,2-30,36-38H2,1H3,(H,40,44)(H,41,43)(H,42,45). The monoisotopic (exact) mass is 640 g/mol. The molecule has 0 fully saturated rings. The van der Waals surface area contributed by atoms with Crippen LogP contribution in [0.5, 0.6) is 0 Å². The molecule has 0 spiro atoms. The van der Waals surface area contributed by atoms with Crippen LogP contribution in [0.3, 0.4) is 0 Å². The van der Waals surface area contributed by atoms with E-state index in [-0.39, 0.29) is 17.7 Å². The van der Waals surface area contributed by atoms with E-state index in [4.69, 9.17) is 17.2 Å². The summed E-state index contributed by atoms with van der Waals surface area (Å²) in [6.45, 7) is 6.12. The van der Waals surface area contributed by atoms with Crippen molar-refractivity contribution in [1.29, 1.82) is 0 Å². The van der Waals surface area contributed by atoms with Crippen LogP contribution >= 0.6 is 0 Å². The molecule has 2 unspecified atom stereocenters. The highest BCUT2D eigenvalue weighted by Crippen LogP contribution is 2.14. The summed E-state index contributed by atoms with van der Waals surface area (Å²) in [7, 11) is 0. The van der Waals surface area contributed by atoms with Gasteiger partial charge < -0.3 is 38.5 Å². The Kier molecular flexibility index (Phi) is 32.3. The second-order valence-electron chi connectivity index (χ2n) is 12.6. The Morgan fingerprint density at radius 2 is 0.933 bits per heavy atom. The van der Waals surface area contributed by atoms with Crippen molar-refractivity contribution in [1.82, 2.24) is 21.3 Å². The fourth-order valence-corrected chi connectivity index (χ4v) is 5.44. The van der Waals surface area contributed by atoms with E-state index >= 15 is 0 Å². The average Bonchev–Trinajstić information content (AvgIpc) is 3.04. The lowest BCUT2D eigenvalue weighted by Gasteiger charge is -2.23. The molecule has 10 N–H and O–H groups in total. The predicted octanol–water partition coefficient (Wildman–Crippen LogP) is 4.53. The Morgan fingerprint density at radius 3 is 1.44 bits per heavy atom. The summed E-state index contributed by atoms with van der Waals surface area (Å²) in [4.78, 5) is 38.8. The highest BCUT2D eigenvalue weighted by molar-refractivity contribution is 5.92. The second-order valence-corrected chi connectivity index (χ2v) is 12.6. The molecule has 3 amide bonds. The third-order valence-electron chi connectivity index (χ3n) is 8.32. The highest BCUT2D eigenvalue weighted by Gasteiger charge is 2.26. The third kappa shape index (κ3) is 28.2. The molecule has 0 saturated carbocycles. The largest absolute Gasteiger partial charge is 0.354 e. The molecule has 0 aromatic rings. The van der Waals surface area contributed by atoms with Crippen molar-refractivity contribution in [2.75, 3.05) is 39.3 Å². The first-order chi connectivity index (χ1) is 22.0. The summed E-state index contributed by atoms with van der Waals surface area (Å²) in [5.41, 5.74) is 16.9. The molecular formula is C35H73N7O3.